The molecule has 4 atom stereocenters. The quantitative estimate of drug-likeness (QED) is 0.0140. The van der Waals surface area contributed by atoms with Gasteiger partial charge in [-0.2, -0.15) is 16.4 Å². The van der Waals surface area contributed by atoms with Gasteiger partial charge in [-0.15, -0.1) is 7.05 Å². The number of rotatable bonds is 37. The Kier molecular flexibility index (Phi) is 36.9. The Bertz CT molecular complexity index is 1200. The summed E-state index contributed by atoms with van der Waals surface area (Å²) in [6.45, 7) is 10.7. The molecule has 0 aromatic heterocycles. The summed E-state index contributed by atoms with van der Waals surface area (Å²) in [5.74, 6) is 6.22. The van der Waals surface area contributed by atoms with Crippen molar-refractivity contribution in [2.45, 2.75) is 115 Å². The number of nitrogens with one attached hydrogen (secondary N) is 2. The largest absolute Gasteiger partial charge is 0.693 e. The number of unbranched alkanes of at least 4 members (excludes halogenated alkanes) is 5. The van der Waals surface area contributed by atoms with Crippen LogP contribution >= 0.6 is 8.15 Å². The van der Waals surface area contributed by atoms with E-state index >= 15 is 0 Å². The molecule has 0 aromatic rings. The third-order valence-corrected chi connectivity index (χ3v) is 10.7. The van der Waals surface area contributed by atoms with Crippen molar-refractivity contribution in [3.63, 3.8) is 0 Å². The van der Waals surface area contributed by atoms with Crippen LogP contribution in [0, 0.1) is 5.92 Å². The molecule has 0 saturated heterocycles. The summed E-state index contributed by atoms with van der Waals surface area (Å²) in [7, 11) is 0.878. The summed E-state index contributed by atoms with van der Waals surface area (Å²) in [6.07, 6.45) is 21.4. The van der Waals surface area contributed by atoms with Gasteiger partial charge < -0.3 is 60.7 Å². The van der Waals surface area contributed by atoms with E-state index in [1.807, 2.05) is 6.66 Å². The molecule has 5 N–H and O–H groups in total. The van der Waals surface area contributed by atoms with E-state index in [1.165, 1.54) is 19.3 Å². The molecule has 1 radical (unpaired) electrons. The van der Waals surface area contributed by atoms with Gasteiger partial charge in [0.2, 0.25) is 0 Å². The van der Waals surface area contributed by atoms with Gasteiger partial charge in [0.05, 0.1) is 64.7 Å². The first-order valence-electron chi connectivity index (χ1n) is 21.6. The first-order valence-corrected chi connectivity index (χ1v) is 23.5. The molecular weight excluding hydrogens is 850 g/mol. The Morgan fingerprint density at radius 2 is 1.54 bits per heavy atom. The van der Waals surface area contributed by atoms with Gasteiger partial charge in [-0.25, -0.2) is 0 Å². The van der Waals surface area contributed by atoms with E-state index in [0.717, 1.165) is 89.1 Å². The number of oxime groups is 1. The molecule has 2 saturated carbocycles. The van der Waals surface area contributed by atoms with Crippen molar-refractivity contribution in [3.05, 3.63) is 22.5 Å². The number of nitrogens with zero attached hydrogens (tertiary/aromatic N) is 6. The summed E-state index contributed by atoms with van der Waals surface area (Å²) in [5, 5.41) is 30.6. The maximum absolute atomic E-state index is 10.8. The molecular formula is C41H76N9O7PY-2. The van der Waals surface area contributed by atoms with E-state index in [2.05, 4.69) is 43.3 Å². The summed E-state index contributed by atoms with van der Waals surface area (Å²) in [6, 6.07) is 0.395. The molecule has 2 fully saturated rings. The Hall–Kier alpha value is -1.62. The molecule has 337 valence electrons. The molecule has 4 unspecified atom stereocenters. The number of hydrogen-bond donors (Lipinski definition) is 4. The van der Waals surface area contributed by atoms with Crippen LogP contribution in [0.1, 0.15) is 103 Å². The summed E-state index contributed by atoms with van der Waals surface area (Å²) in [5.41, 5.74) is 5.37. The van der Waals surface area contributed by atoms with Crippen LogP contribution in [0.5, 0.6) is 0 Å². The molecule has 0 amide bonds. The van der Waals surface area contributed by atoms with Crippen molar-refractivity contribution in [2.75, 3.05) is 99.1 Å². The predicted octanol–water partition coefficient (Wildman–Crippen LogP) is 6.12. The first kappa shape index (κ1) is 55.4. The molecule has 59 heavy (non-hydrogen) atoms. The van der Waals surface area contributed by atoms with Crippen molar-refractivity contribution in [2.24, 2.45) is 32.1 Å². The summed E-state index contributed by atoms with van der Waals surface area (Å²) < 4.78 is 27.8. The Balaban J connectivity index is 0.0000174. The van der Waals surface area contributed by atoms with Crippen LogP contribution in [0.25, 0.3) is 10.7 Å². The van der Waals surface area contributed by atoms with Gasteiger partial charge in [0.15, 0.2) is 0 Å². The number of amidine groups is 1. The van der Waals surface area contributed by atoms with Gasteiger partial charge >= 0.3 is 0 Å². The smallest absolute Gasteiger partial charge is 0.140 e. The van der Waals surface area contributed by atoms with E-state index in [9.17, 15) is 10.3 Å². The SMILES string of the molecule is CCCOCCOCCOCCN=C/C(COCCCCCCCCOCCO/N=C1\CCC(NC(=[N-])C(/C=N\NC2CCC(CCCP(C)O)C2)=C\[N-]C)C1)=N\N.[Y]. The fraction of sp³-hybridized carbons (Fsp3) is 0.829. The molecule has 0 heterocycles. The van der Waals surface area contributed by atoms with Crippen LogP contribution in [0.15, 0.2) is 32.1 Å². The topological polar surface area (TPSA) is 212 Å². The molecule has 2 rings (SSSR count). The van der Waals surface area contributed by atoms with Crippen LogP contribution in [-0.2, 0) is 61.2 Å². The predicted molar refractivity (Wildman–Crippen MR) is 239 cm³/mol. The molecule has 0 aliphatic heterocycles. The minimum absolute atomic E-state index is 0. The monoisotopic (exact) mass is 926 g/mol. The van der Waals surface area contributed by atoms with Crippen molar-refractivity contribution in [3.8, 4) is 0 Å². The number of aliphatic imine (C=N–C) groups is 1. The van der Waals surface area contributed by atoms with Crippen molar-refractivity contribution < 1.29 is 66.1 Å². The van der Waals surface area contributed by atoms with Crippen LogP contribution in [0.4, 0.5) is 0 Å². The second-order valence-corrected chi connectivity index (χ2v) is 16.6. The normalized spacial score (nSPS) is 19.8. The zero-order valence-electron chi connectivity index (χ0n) is 36.4. The van der Waals surface area contributed by atoms with Crippen LogP contribution < -0.4 is 16.6 Å². The number of nitrogens with two attached hydrogens (primary N) is 1. The minimum atomic E-state index is -0.796. The number of ether oxygens (including phenoxy) is 5. The van der Waals surface area contributed by atoms with E-state index in [4.69, 9.17) is 34.4 Å². The second-order valence-electron chi connectivity index (χ2n) is 14.8. The number of hydrazone groups is 2. The molecule has 2 aliphatic carbocycles. The van der Waals surface area contributed by atoms with Gasteiger partial charge in [-0.1, -0.05) is 43.6 Å². The van der Waals surface area contributed by atoms with Gasteiger partial charge in [0.1, 0.15) is 12.3 Å². The van der Waals surface area contributed by atoms with Crippen molar-refractivity contribution >= 4 is 37.8 Å². The maximum Gasteiger partial charge on any atom is 0.140 e. The van der Waals surface area contributed by atoms with E-state index in [0.29, 0.717) is 102 Å². The first-order chi connectivity index (χ1) is 28.4. The molecule has 0 bridgehead atoms. The Labute approximate surface area is 381 Å². The average Bonchev–Trinajstić information content (AvgIpc) is 3.87. The second kappa shape index (κ2) is 39.2. The van der Waals surface area contributed by atoms with Gasteiger partial charge in [0, 0.05) is 72.9 Å². The molecule has 0 spiro atoms. The third-order valence-electron chi connectivity index (χ3n) is 9.70. The van der Waals surface area contributed by atoms with Crippen LogP contribution in [0.2, 0.25) is 0 Å². The standard InChI is InChI=1S/C41H76N9O7P.Y/c1-4-18-52-22-24-55-25-23-54-21-17-45-33-40(48-43)34-56-20-10-8-6-5-7-9-19-53-26-27-57-50-39-16-15-37(30-39)47-41(42)36(31-44-2)32-46-49-38-14-13-35(29-38)12-11-28-58(3)51;/h31-33,35,37-38,49,51H,4-30,34,43H2,1-3H3,(H-,42,47);/q-2;/b36-31-,45-33?,46-32-,48-40+,50-39+;. The summed E-state index contributed by atoms with van der Waals surface area (Å²) in [4.78, 5) is 19.4. The fourth-order valence-electron chi connectivity index (χ4n) is 6.59. The van der Waals surface area contributed by atoms with Crippen LogP contribution in [-0.4, -0.2) is 146 Å². The van der Waals surface area contributed by atoms with Crippen LogP contribution in [0.3, 0.4) is 0 Å². The fourth-order valence-corrected chi connectivity index (χ4v) is 7.23. The Morgan fingerprint density at radius 3 is 2.25 bits per heavy atom. The zero-order chi connectivity index (χ0) is 41.7. The Morgan fingerprint density at radius 1 is 0.864 bits per heavy atom. The summed E-state index contributed by atoms with van der Waals surface area (Å²) >= 11 is 0. The third kappa shape index (κ3) is 31.0. The van der Waals surface area contributed by atoms with Crippen molar-refractivity contribution in [1.82, 2.24) is 10.7 Å². The number of hydrogen-bond acceptors (Lipinski definition) is 13. The van der Waals surface area contributed by atoms with E-state index in [1.54, 1.807) is 25.7 Å². The molecule has 16 nitrogen and oxygen atoms in total. The van der Waals surface area contributed by atoms with Gasteiger partial charge in [-0.05, 0) is 101 Å². The van der Waals surface area contributed by atoms with Gasteiger partial charge in [0.25, 0.3) is 0 Å². The molecule has 18 heteroatoms. The van der Waals surface area contributed by atoms with Crippen molar-refractivity contribution in [1.29, 1.82) is 0 Å². The molecule has 0 aromatic carbocycles. The minimum Gasteiger partial charge on any atom is -0.693 e. The zero-order valence-corrected chi connectivity index (χ0v) is 40.2. The average molecular weight is 927 g/mol. The van der Waals surface area contributed by atoms with Gasteiger partial charge in [-0.3, -0.25) is 4.99 Å². The molecule has 2 aliphatic rings. The van der Waals surface area contributed by atoms with E-state index in [-0.39, 0.29) is 44.6 Å². The maximum atomic E-state index is 10.8. The van der Waals surface area contributed by atoms with E-state index < -0.39 is 8.15 Å².